The van der Waals surface area contributed by atoms with Gasteiger partial charge in [-0.1, -0.05) is 60.7 Å². The van der Waals surface area contributed by atoms with Crippen molar-refractivity contribution in [1.82, 2.24) is 14.9 Å². The third kappa shape index (κ3) is 7.17. The molecule has 2 aliphatic rings. The monoisotopic (exact) mass is 633 g/mol. The molecule has 3 aromatic carbocycles. The van der Waals surface area contributed by atoms with Crippen LogP contribution in [0.15, 0.2) is 91.4 Å². The van der Waals surface area contributed by atoms with E-state index in [1.807, 2.05) is 65.2 Å². The second kappa shape index (κ2) is 13.3. The molecule has 240 valence electrons. The number of hydrogen-bond donors (Lipinski definition) is 3. The molecule has 6 rings (SSSR count). The molecule has 2 amide bonds. The Morgan fingerprint density at radius 1 is 1.07 bits per heavy atom. The van der Waals surface area contributed by atoms with E-state index < -0.39 is 35.9 Å². The normalized spacial score (nSPS) is 21.3. The van der Waals surface area contributed by atoms with Gasteiger partial charge < -0.3 is 30.4 Å². The van der Waals surface area contributed by atoms with Gasteiger partial charge in [0, 0.05) is 36.3 Å². The van der Waals surface area contributed by atoms with E-state index in [9.17, 15) is 22.8 Å². The van der Waals surface area contributed by atoms with Gasteiger partial charge in [-0.2, -0.15) is 13.2 Å². The van der Waals surface area contributed by atoms with Crippen LogP contribution in [0, 0.1) is 5.92 Å². The minimum Gasteiger partial charge on any atom is -0.445 e. The molecule has 5 atom stereocenters. The maximum absolute atomic E-state index is 13.7. The number of nitrogens with one attached hydrogen (secondary N) is 2. The van der Waals surface area contributed by atoms with E-state index in [1.54, 1.807) is 12.5 Å². The van der Waals surface area contributed by atoms with Crippen molar-refractivity contribution >= 4 is 17.7 Å². The molecular weight excluding hydrogens is 599 g/mol. The van der Waals surface area contributed by atoms with Gasteiger partial charge in [0.05, 0.1) is 35.8 Å². The summed E-state index contributed by atoms with van der Waals surface area (Å²) in [6, 6.07) is 21.6. The van der Waals surface area contributed by atoms with Crippen LogP contribution in [0.3, 0.4) is 0 Å². The third-order valence-corrected chi connectivity index (χ3v) is 8.50. The van der Waals surface area contributed by atoms with E-state index >= 15 is 0 Å². The fourth-order valence-electron chi connectivity index (χ4n) is 6.24. The first-order valence-electron chi connectivity index (χ1n) is 15.1. The van der Waals surface area contributed by atoms with Crippen molar-refractivity contribution < 1.29 is 32.2 Å². The quantitative estimate of drug-likeness (QED) is 0.210. The minimum atomic E-state index is -4.47. The number of rotatable bonds is 9. The van der Waals surface area contributed by atoms with E-state index in [4.69, 9.17) is 15.2 Å². The number of anilines is 1. The highest BCUT2D eigenvalue weighted by Crippen LogP contribution is 2.51. The average Bonchev–Trinajstić information content (AvgIpc) is 3.49. The maximum atomic E-state index is 13.7. The van der Waals surface area contributed by atoms with Crippen LogP contribution in [0.2, 0.25) is 0 Å². The SMILES string of the molecule is NC(=O)[C@H](Cc1cn(C[C@H]2CC[C@@H]3[C@H](O2)c2cc(C(F)(F)F)ccc2N[C@H]3c2ccccc2)cn1)NC(=O)OCc1ccccc1. The van der Waals surface area contributed by atoms with Gasteiger partial charge in [-0.05, 0) is 42.2 Å². The number of hydrogen-bond acceptors (Lipinski definition) is 6. The molecule has 0 spiro atoms. The van der Waals surface area contributed by atoms with Gasteiger partial charge in [0.1, 0.15) is 12.6 Å². The molecular formula is C34H34F3N5O4. The number of aromatic nitrogens is 2. The van der Waals surface area contributed by atoms with E-state index in [2.05, 4.69) is 15.6 Å². The zero-order valence-electron chi connectivity index (χ0n) is 24.8. The highest BCUT2D eigenvalue weighted by Gasteiger charge is 2.43. The third-order valence-electron chi connectivity index (χ3n) is 8.50. The highest BCUT2D eigenvalue weighted by atomic mass is 19.4. The molecule has 12 heteroatoms. The number of nitrogens with two attached hydrogens (primary N) is 1. The lowest BCUT2D eigenvalue weighted by molar-refractivity contribution is -0.138. The molecule has 1 aromatic heterocycles. The molecule has 4 aromatic rings. The number of ether oxygens (including phenoxy) is 2. The molecule has 0 saturated carbocycles. The van der Waals surface area contributed by atoms with Crippen molar-refractivity contribution in [2.45, 2.75) is 62.9 Å². The Balaban J connectivity index is 1.13. The van der Waals surface area contributed by atoms with Crippen LogP contribution in [0.4, 0.5) is 23.7 Å². The van der Waals surface area contributed by atoms with Gasteiger partial charge in [-0.25, -0.2) is 9.78 Å². The molecule has 0 radical (unpaired) electrons. The molecule has 2 aliphatic heterocycles. The zero-order valence-corrected chi connectivity index (χ0v) is 24.8. The van der Waals surface area contributed by atoms with Crippen LogP contribution < -0.4 is 16.4 Å². The fraction of sp³-hybridized carbons (Fsp3) is 0.324. The number of nitrogens with zero attached hydrogens (tertiary/aromatic N) is 2. The van der Waals surface area contributed by atoms with E-state index in [0.717, 1.165) is 23.6 Å². The summed E-state index contributed by atoms with van der Waals surface area (Å²) in [5, 5.41) is 5.98. The number of halogens is 3. The first kappa shape index (κ1) is 31.2. The summed E-state index contributed by atoms with van der Waals surface area (Å²) in [4.78, 5) is 28.8. The van der Waals surface area contributed by atoms with Crippen molar-refractivity contribution in [3.63, 3.8) is 0 Å². The predicted octanol–water partition coefficient (Wildman–Crippen LogP) is 5.93. The van der Waals surface area contributed by atoms with Gasteiger partial charge in [0.25, 0.3) is 0 Å². The molecule has 0 aliphatic carbocycles. The number of fused-ring (bicyclic) bond motifs is 3. The molecule has 46 heavy (non-hydrogen) atoms. The molecule has 1 saturated heterocycles. The van der Waals surface area contributed by atoms with Gasteiger partial charge in [0.15, 0.2) is 0 Å². The number of carbonyl (C=O) groups excluding carboxylic acids is 2. The Hall–Kier alpha value is -4.84. The molecule has 4 N–H and O–H groups in total. The second-order valence-electron chi connectivity index (χ2n) is 11.7. The average molecular weight is 634 g/mol. The summed E-state index contributed by atoms with van der Waals surface area (Å²) in [5.41, 5.74) is 8.33. The van der Waals surface area contributed by atoms with Crippen LogP contribution in [-0.2, 0) is 40.0 Å². The Kier molecular flexibility index (Phi) is 8.98. The molecule has 3 heterocycles. The van der Waals surface area contributed by atoms with Gasteiger partial charge >= 0.3 is 12.3 Å². The maximum Gasteiger partial charge on any atom is 0.416 e. The lowest BCUT2D eigenvalue weighted by Crippen LogP contribution is -2.46. The largest absolute Gasteiger partial charge is 0.445 e. The number of amides is 2. The second-order valence-corrected chi connectivity index (χ2v) is 11.7. The Morgan fingerprint density at radius 3 is 2.52 bits per heavy atom. The minimum absolute atomic E-state index is 0.0418. The number of imidazole rings is 1. The summed E-state index contributed by atoms with van der Waals surface area (Å²) in [6.45, 7) is 0.446. The lowest BCUT2D eigenvalue weighted by atomic mass is 9.76. The smallest absolute Gasteiger partial charge is 0.416 e. The predicted molar refractivity (Wildman–Crippen MR) is 163 cm³/mol. The number of alkyl halides is 3. The number of primary amides is 1. The van der Waals surface area contributed by atoms with Gasteiger partial charge in [-0.15, -0.1) is 0 Å². The molecule has 0 unspecified atom stereocenters. The summed E-state index contributed by atoms with van der Waals surface area (Å²) in [5.74, 6) is -0.805. The number of carbonyl (C=O) groups is 2. The topological polar surface area (TPSA) is 121 Å². The Morgan fingerprint density at radius 2 is 1.80 bits per heavy atom. The van der Waals surface area contributed by atoms with Crippen LogP contribution in [0.5, 0.6) is 0 Å². The van der Waals surface area contributed by atoms with Crippen LogP contribution in [0.1, 0.15) is 52.9 Å². The van der Waals surface area contributed by atoms with Crippen LogP contribution in [0.25, 0.3) is 0 Å². The van der Waals surface area contributed by atoms with E-state index in [0.29, 0.717) is 29.9 Å². The molecule has 9 nitrogen and oxygen atoms in total. The number of alkyl carbamates (subject to hydrolysis) is 1. The van der Waals surface area contributed by atoms with Crippen LogP contribution in [-0.4, -0.2) is 33.7 Å². The first-order chi connectivity index (χ1) is 22.1. The standard InChI is InChI=1S/C34H34F3N5O4/c35-34(36,37)23-11-14-28-27(15-23)31-26(30(40-28)22-9-5-2-6-10-22)13-12-25(46-31)18-42-17-24(39-20-42)16-29(32(38)43)41-33(44)45-19-21-7-3-1-4-8-21/h1-11,14-15,17,20,25-26,29-31,40H,12-13,16,18-19H2,(H2,38,43)(H,41,44)/t25-,26+,29+,30+,31+/m1/s1. The Bertz CT molecular complexity index is 1660. The lowest BCUT2D eigenvalue weighted by Gasteiger charge is -2.46. The van der Waals surface area contributed by atoms with Crippen molar-refractivity contribution in [3.8, 4) is 0 Å². The molecule has 0 bridgehead atoms. The fourth-order valence-corrected chi connectivity index (χ4v) is 6.24. The van der Waals surface area contributed by atoms with Crippen molar-refractivity contribution in [3.05, 3.63) is 119 Å². The van der Waals surface area contributed by atoms with E-state index in [1.165, 1.54) is 12.1 Å². The summed E-state index contributed by atoms with van der Waals surface area (Å²) < 4.78 is 54.6. The van der Waals surface area contributed by atoms with E-state index in [-0.39, 0.29) is 31.1 Å². The Labute approximate surface area is 263 Å². The van der Waals surface area contributed by atoms with Crippen LogP contribution >= 0.6 is 0 Å². The van der Waals surface area contributed by atoms with Crippen molar-refractivity contribution in [2.75, 3.05) is 5.32 Å². The summed E-state index contributed by atoms with van der Waals surface area (Å²) in [6.07, 6.45) is -1.27. The zero-order chi connectivity index (χ0) is 32.3. The number of benzene rings is 3. The van der Waals surface area contributed by atoms with Gasteiger partial charge in [0.2, 0.25) is 5.91 Å². The first-order valence-corrected chi connectivity index (χ1v) is 15.1. The van der Waals surface area contributed by atoms with Crippen molar-refractivity contribution in [1.29, 1.82) is 0 Å². The summed E-state index contributed by atoms with van der Waals surface area (Å²) >= 11 is 0. The molecule has 1 fully saturated rings. The summed E-state index contributed by atoms with van der Waals surface area (Å²) in [7, 11) is 0. The highest BCUT2D eigenvalue weighted by molar-refractivity contribution is 5.84. The van der Waals surface area contributed by atoms with Crippen molar-refractivity contribution in [2.24, 2.45) is 11.7 Å². The van der Waals surface area contributed by atoms with Gasteiger partial charge in [-0.3, -0.25) is 4.79 Å².